The Balaban J connectivity index is 1.88. The SMILES string of the molecule is CCCNC(=O)C[NH+]1CCN(S(=O)(=O)c2ccc(Br)s2)CC1. The fraction of sp³-hybridized carbons (Fsp3) is 0.615. The number of halogens is 1. The third-order valence-corrected chi connectivity index (χ3v) is 7.54. The van der Waals surface area contributed by atoms with Crippen LogP contribution in [0.25, 0.3) is 0 Å². The quantitative estimate of drug-likeness (QED) is 0.689. The van der Waals surface area contributed by atoms with Crippen molar-refractivity contribution in [2.45, 2.75) is 17.6 Å². The Labute approximate surface area is 143 Å². The molecule has 0 bridgehead atoms. The van der Waals surface area contributed by atoms with Gasteiger partial charge < -0.3 is 10.2 Å². The van der Waals surface area contributed by atoms with E-state index in [1.54, 1.807) is 12.1 Å². The number of amides is 1. The zero-order valence-electron chi connectivity index (χ0n) is 12.5. The van der Waals surface area contributed by atoms with Gasteiger partial charge in [0.2, 0.25) is 0 Å². The number of rotatable bonds is 6. The number of nitrogens with zero attached hydrogens (tertiary/aromatic N) is 1. The van der Waals surface area contributed by atoms with Crippen LogP contribution in [0.15, 0.2) is 20.1 Å². The van der Waals surface area contributed by atoms with E-state index in [9.17, 15) is 13.2 Å². The summed E-state index contributed by atoms with van der Waals surface area (Å²) in [7, 11) is -3.40. The van der Waals surface area contributed by atoms with E-state index in [0.29, 0.717) is 43.5 Å². The van der Waals surface area contributed by atoms with Crippen LogP contribution in [0.1, 0.15) is 13.3 Å². The Hall–Kier alpha value is -0.480. The molecule has 22 heavy (non-hydrogen) atoms. The van der Waals surface area contributed by atoms with Crippen molar-refractivity contribution in [3.63, 3.8) is 0 Å². The highest BCUT2D eigenvalue weighted by molar-refractivity contribution is 9.11. The van der Waals surface area contributed by atoms with Gasteiger partial charge in [0.05, 0.1) is 30.0 Å². The van der Waals surface area contributed by atoms with Crippen LogP contribution in [0.4, 0.5) is 0 Å². The fourth-order valence-electron chi connectivity index (χ4n) is 2.34. The van der Waals surface area contributed by atoms with Crippen molar-refractivity contribution >= 4 is 43.2 Å². The van der Waals surface area contributed by atoms with Crippen molar-refractivity contribution in [2.75, 3.05) is 39.3 Å². The van der Waals surface area contributed by atoms with Gasteiger partial charge in [0.25, 0.3) is 15.9 Å². The summed E-state index contributed by atoms with van der Waals surface area (Å²) >= 11 is 4.52. The molecule has 1 aromatic heterocycles. The predicted molar refractivity (Wildman–Crippen MR) is 89.6 cm³/mol. The first-order chi connectivity index (χ1) is 10.4. The van der Waals surface area contributed by atoms with Crippen molar-refractivity contribution in [3.05, 3.63) is 15.9 Å². The molecule has 2 rings (SSSR count). The second kappa shape index (κ2) is 7.87. The second-order valence-electron chi connectivity index (χ2n) is 5.24. The molecule has 0 radical (unpaired) electrons. The smallest absolute Gasteiger partial charge is 0.275 e. The minimum Gasteiger partial charge on any atom is -0.351 e. The number of hydrogen-bond donors (Lipinski definition) is 2. The van der Waals surface area contributed by atoms with Crippen LogP contribution < -0.4 is 10.2 Å². The number of nitrogens with one attached hydrogen (secondary N) is 2. The molecule has 1 amide bonds. The van der Waals surface area contributed by atoms with Crippen LogP contribution in [-0.4, -0.2) is 57.9 Å². The van der Waals surface area contributed by atoms with Gasteiger partial charge in [0, 0.05) is 6.54 Å². The largest absolute Gasteiger partial charge is 0.351 e. The lowest BCUT2D eigenvalue weighted by atomic mass is 10.3. The summed E-state index contributed by atoms with van der Waals surface area (Å²) in [6.07, 6.45) is 0.920. The molecule has 0 unspecified atom stereocenters. The van der Waals surface area contributed by atoms with Crippen LogP contribution >= 0.6 is 27.3 Å². The zero-order valence-corrected chi connectivity index (χ0v) is 15.7. The van der Waals surface area contributed by atoms with Gasteiger partial charge >= 0.3 is 0 Å². The summed E-state index contributed by atoms with van der Waals surface area (Å²) < 4.78 is 27.7. The first kappa shape index (κ1) is 17.9. The average molecular weight is 411 g/mol. The number of hydrogen-bond acceptors (Lipinski definition) is 4. The van der Waals surface area contributed by atoms with E-state index in [4.69, 9.17) is 0 Å². The number of quaternary nitrogens is 1. The molecule has 1 saturated heterocycles. The number of carbonyl (C=O) groups excluding carboxylic acids is 1. The summed E-state index contributed by atoms with van der Waals surface area (Å²) in [5.41, 5.74) is 0. The molecule has 2 heterocycles. The van der Waals surface area contributed by atoms with Crippen molar-refractivity contribution in [2.24, 2.45) is 0 Å². The molecule has 2 N–H and O–H groups in total. The van der Waals surface area contributed by atoms with Gasteiger partial charge in [-0.1, -0.05) is 6.92 Å². The van der Waals surface area contributed by atoms with E-state index < -0.39 is 10.0 Å². The Bertz CT molecular complexity index is 610. The minimum atomic E-state index is -3.40. The number of carbonyl (C=O) groups is 1. The molecular formula is C13H21BrN3O3S2+. The third kappa shape index (κ3) is 4.51. The maximum atomic E-state index is 12.5. The highest BCUT2D eigenvalue weighted by Gasteiger charge is 2.31. The fourth-order valence-corrected chi connectivity index (χ4v) is 5.94. The third-order valence-electron chi connectivity index (χ3n) is 3.55. The molecule has 0 atom stereocenters. The van der Waals surface area contributed by atoms with Crippen LogP contribution in [0.3, 0.4) is 0 Å². The van der Waals surface area contributed by atoms with E-state index in [0.717, 1.165) is 15.1 Å². The lowest BCUT2D eigenvalue weighted by Crippen LogP contribution is -3.15. The monoisotopic (exact) mass is 410 g/mol. The zero-order chi connectivity index (χ0) is 16.2. The molecule has 0 saturated carbocycles. The van der Waals surface area contributed by atoms with Crippen molar-refractivity contribution in [1.29, 1.82) is 0 Å². The van der Waals surface area contributed by atoms with Gasteiger partial charge in [-0.25, -0.2) is 8.42 Å². The molecule has 0 aromatic carbocycles. The lowest BCUT2D eigenvalue weighted by Gasteiger charge is -2.30. The van der Waals surface area contributed by atoms with Gasteiger partial charge in [-0.15, -0.1) is 11.3 Å². The average Bonchev–Trinajstić information content (AvgIpc) is 2.93. The van der Waals surface area contributed by atoms with E-state index in [-0.39, 0.29) is 5.91 Å². The van der Waals surface area contributed by atoms with Gasteiger partial charge in [-0.05, 0) is 34.5 Å². The van der Waals surface area contributed by atoms with Crippen LogP contribution in [-0.2, 0) is 14.8 Å². The minimum absolute atomic E-state index is 0.0374. The Morgan fingerprint density at radius 2 is 2.09 bits per heavy atom. The van der Waals surface area contributed by atoms with Gasteiger partial charge in [0.1, 0.15) is 4.21 Å². The van der Waals surface area contributed by atoms with E-state index in [1.807, 2.05) is 6.92 Å². The van der Waals surface area contributed by atoms with Crippen LogP contribution in [0.5, 0.6) is 0 Å². The summed E-state index contributed by atoms with van der Waals surface area (Å²) in [5.74, 6) is 0.0374. The molecule has 0 aliphatic carbocycles. The predicted octanol–water partition coefficient (Wildman–Crippen LogP) is -0.0740. The van der Waals surface area contributed by atoms with Gasteiger partial charge in [0.15, 0.2) is 6.54 Å². The van der Waals surface area contributed by atoms with Crippen molar-refractivity contribution < 1.29 is 18.1 Å². The summed E-state index contributed by atoms with van der Waals surface area (Å²) in [4.78, 5) is 12.8. The Morgan fingerprint density at radius 1 is 1.41 bits per heavy atom. The summed E-state index contributed by atoms with van der Waals surface area (Å²) in [6.45, 7) is 5.34. The molecular weight excluding hydrogens is 390 g/mol. The van der Waals surface area contributed by atoms with Crippen LogP contribution in [0, 0.1) is 0 Å². The molecule has 1 fully saturated rings. The molecule has 0 spiro atoms. The van der Waals surface area contributed by atoms with Crippen molar-refractivity contribution in [3.8, 4) is 0 Å². The van der Waals surface area contributed by atoms with Gasteiger partial charge in [-0.2, -0.15) is 4.31 Å². The van der Waals surface area contributed by atoms with Crippen LogP contribution in [0.2, 0.25) is 0 Å². The highest BCUT2D eigenvalue weighted by Crippen LogP contribution is 2.28. The summed E-state index contributed by atoms with van der Waals surface area (Å²) in [5, 5.41) is 2.85. The molecule has 124 valence electrons. The Morgan fingerprint density at radius 3 is 2.64 bits per heavy atom. The normalized spacial score (nSPS) is 17.5. The highest BCUT2D eigenvalue weighted by atomic mass is 79.9. The summed E-state index contributed by atoms with van der Waals surface area (Å²) in [6, 6.07) is 3.37. The topological polar surface area (TPSA) is 70.9 Å². The van der Waals surface area contributed by atoms with Crippen molar-refractivity contribution in [1.82, 2.24) is 9.62 Å². The maximum Gasteiger partial charge on any atom is 0.275 e. The molecule has 1 aromatic rings. The number of sulfonamides is 1. The van der Waals surface area contributed by atoms with E-state index in [1.165, 1.54) is 15.6 Å². The molecule has 6 nitrogen and oxygen atoms in total. The molecule has 1 aliphatic heterocycles. The number of thiophene rings is 1. The maximum absolute atomic E-state index is 12.5. The second-order valence-corrected chi connectivity index (χ2v) is 9.87. The lowest BCUT2D eigenvalue weighted by molar-refractivity contribution is -0.895. The Kier molecular flexibility index (Phi) is 6.39. The first-order valence-electron chi connectivity index (χ1n) is 7.29. The van der Waals surface area contributed by atoms with Gasteiger partial charge in [-0.3, -0.25) is 4.79 Å². The standard InChI is InChI=1S/C13H20BrN3O3S2/c1-2-5-15-12(18)10-16-6-8-17(9-7-16)22(19,20)13-4-3-11(14)21-13/h3-4H,2,5-10H2,1H3,(H,15,18)/p+1. The first-order valence-corrected chi connectivity index (χ1v) is 10.3. The molecule has 1 aliphatic rings. The molecule has 9 heteroatoms. The van der Waals surface area contributed by atoms with E-state index >= 15 is 0 Å². The number of piperazine rings is 1. The van der Waals surface area contributed by atoms with E-state index in [2.05, 4.69) is 21.2 Å².